The SMILES string of the molecule is CC1(C)CC[C@@H](CC(=O)Nc2nc3ccc(Cl)nc3n2C2CCC2)O1.Cc1ccc2nc(NC(=O)CCC3CCCC3)n(C3CCC3)c2n1.Cc1ccc2nc(NC(=O)CCC3CCCO3)n(C3CCC3)c2n1.O=C(CCC1CCCO1)Nc1nc2ccc(Cl)nc2n1C1CCC1.O=C(CCC1CCOC1)Nc1nc2ccc(Cl)nc2n1C1CCC1. The van der Waals surface area contributed by atoms with Crippen LogP contribution >= 0.6 is 34.8 Å². The first kappa shape index (κ1) is 85.7. The maximum Gasteiger partial charge on any atom is 0.229 e. The molecule has 0 bridgehead atoms. The zero-order chi connectivity index (χ0) is 83.7. The predicted molar refractivity (Wildman–Crippen MR) is 468 cm³/mol. The minimum atomic E-state index is -0.134. The second-order valence-corrected chi connectivity index (χ2v) is 36.4. The molecule has 14 heterocycles. The van der Waals surface area contributed by atoms with Crippen molar-refractivity contribution in [2.24, 2.45) is 11.8 Å². The van der Waals surface area contributed by atoms with Crippen molar-refractivity contribution in [3.63, 3.8) is 0 Å². The molecule has 0 aromatic carbocycles. The van der Waals surface area contributed by atoms with Crippen molar-refractivity contribution in [1.82, 2.24) is 72.7 Å². The second kappa shape index (κ2) is 39.3. The van der Waals surface area contributed by atoms with Gasteiger partial charge in [-0.1, -0.05) is 60.5 Å². The third-order valence-electron chi connectivity index (χ3n) is 25.8. The van der Waals surface area contributed by atoms with Crippen LogP contribution in [0.25, 0.3) is 55.8 Å². The molecule has 10 aromatic heterocycles. The number of carbonyl (C=O) groups excluding carboxylic acids is 5. The fourth-order valence-electron chi connectivity index (χ4n) is 17.8. The fourth-order valence-corrected chi connectivity index (χ4v) is 18.3. The molecule has 5 N–H and O–H groups in total. The van der Waals surface area contributed by atoms with Crippen LogP contribution in [-0.4, -0.2) is 153 Å². The van der Waals surface area contributed by atoms with E-state index in [0.29, 0.717) is 113 Å². The molecule has 5 amide bonds. The normalized spacial score (nSPS) is 21.0. The van der Waals surface area contributed by atoms with Crippen LogP contribution in [0.3, 0.4) is 0 Å². The summed E-state index contributed by atoms with van der Waals surface area (Å²) in [7, 11) is 0. The summed E-state index contributed by atoms with van der Waals surface area (Å²) in [4.78, 5) is 107. The summed E-state index contributed by atoms with van der Waals surface area (Å²) in [5.41, 5.74) is 9.88. The third kappa shape index (κ3) is 21.3. The summed E-state index contributed by atoms with van der Waals surface area (Å²) in [6.45, 7) is 11.3. The molecule has 10 fully saturated rings. The summed E-state index contributed by atoms with van der Waals surface area (Å²) in [6, 6.07) is 20.5. The van der Waals surface area contributed by atoms with Gasteiger partial charge in [-0.25, -0.2) is 49.8 Å². The number of aromatic nitrogens is 15. The van der Waals surface area contributed by atoms with Gasteiger partial charge < -0.3 is 18.9 Å². The summed E-state index contributed by atoms with van der Waals surface area (Å²) >= 11 is 18.1. The van der Waals surface area contributed by atoms with Gasteiger partial charge in [0.15, 0.2) is 28.2 Å². The standard InChI is InChI=1S/C19H26N4O.C18H23ClN4O2.C18H24N4O2.2C17H21ClN4O2/c1-13-9-11-16-18(20-13)23(15-7-4-8-15)19(21-16)22-17(24)12-10-14-5-2-3-6-14;1-18(2)9-8-12(25-18)10-15(24)22-17-20-13-6-7-14(19)21-16(13)23(17)11-4-3-5-11;1-12-7-9-15-17(19-12)22(13-4-2-5-13)18(20-15)21-16(23)10-8-14-6-3-11-24-14;18-14-8-7-13-16(20-14)22(11-3-1-4-11)17(19-13)21-15(23)9-6-12-5-2-10-24-12;18-14-6-5-13-16(20-14)22(12-2-1-3-12)17(19-13)21-15(23)7-4-11-8-9-24-10-11/h9,11,14-15H,2-8,10,12H2,1H3,(H,21,22,24);6-7,11-12H,3-5,8-10H2,1-2H3,(H,20,22,24);7,9,13-14H,2-6,8,10-11H2,1H3,(H,20,21,23);7-8,11-12H,1-6,9-10H2,(H,19,21,23);5-6,11-12H,1-4,7-10H2,(H,19,21,23)/t;12-;;;/m.0.../s1. The Morgan fingerprint density at radius 3 is 0.992 bits per heavy atom. The van der Waals surface area contributed by atoms with E-state index in [1.807, 2.05) is 70.0 Å². The van der Waals surface area contributed by atoms with Crippen LogP contribution in [0.15, 0.2) is 60.7 Å². The first-order valence-corrected chi connectivity index (χ1v) is 45.7. The Morgan fingerprint density at radius 2 is 0.686 bits per heavy atom. The predicted octanol–water partition coefficient (Wildman–Crippen LogP) is 19.1. The van der Waals surface area contributed by atoms with Crippen molar-refractivity contribution in [1.29, 1.82) is 0 Å². The minimum Gasteiger partial charge on any atom is -0.381 e. The topological polar surface area (TPSA) is 336 Å². The average Bonchev–Trinajstić information content (AvgIpc) is 1.66. The maximum atomic E-state index is 12.5. The lowest BCUT2D eigenvalue weighted by atomic mass is 9.93. The van der Waals surface area contributed by atoms with E-state index in [4.69, 9.17) is 53.8 Å². The number of fused-ring (bicyclic) bond motifs is 5. The molecule has 20 rings (SSSR count). The van der Waals surface area contributed by atoms with E-state index >= 15 is 0 Å². The van der Waals surface area contributed by atoms with Crippen LogP contribution in [0.5, 0.6) is 0 Å². The molecule has 121 heavy (non-hydrogen) atoms. The number of nitrogens with one attached hydrogen (secondary N) is 5. The quantitative estimate of drug-likeness (QED) is 0.0351. The van der Waals surface area contributed by atoms with E-state index in [-0.39, 0.29) is 53.4 Å². The first-order valence-electron chi connectivity index (χ1n) is 44.6. The van der Waals surface area contributed by atoms with Gasteiger partial charge in [-0.05, 0) is 267 Å². The number of ether oxygens (including phenoxy) is 4. The monoisotopic (exact) mass is 1710 g/mol. The van der Waals surface area contributed by atoms with Gasteiger partial charge in [-0.3, -0.25) is 73.4 Å². The van der Waals surface area contributed by atoms with E-state index in [9.17, 15) is 24.0 Å². The molecule has 646 valence electrons. The fraction of sp³-hybridized carbons (Fsp3) is 0.607. The number of nitrogens with zero attached hydrogens (tertiary/aromatic N) is 15. The zero-order valence-corrected chi connectivity index (χ0v) is 72.4. The van der Waals surface area contributed by atoms with Crippen LogP contribution in [0.1, 0.15) is 280 Å². The number of halogens is 3. The van der Waals surface area contributed by atoms with Gasteiger partial charge in [-0.15, -0.1) is 0 Å². The largest absolute Gasteiger partial charge is 0.381 e. The number of pyridine rings is 5. The first-order chi connectivity index (χ1) is 58.7. The lowest BCUT2D eigenvalue weighted by Crippen LogP contribution is -2.26. The Morgan fingerprint density at radius 1 is 0.355 bits per heavy atom. The number of hydrogen-bond donors (Lipinski definition) is 5. The van der Waals surface area contributed by atoms with E-state index in [1.165, 1.54) is 57.8 Å². The van der Waals surface area contributed by atoms with Crippen molar-refractivity contribution in [3.8, 4) is 0 Å². The molecule has 10 aromatic rings. The van der Waals surface area contributed by atoms with Crippen LogP contribution in [0.4, 0.5) is 29.7 Å². The van der Waals surface area contributed by atoms with Gasteiger partial charge in [0.1, 0.15) is 43.0 Å². The molecule has 6 saturated carbocycles. The molecule has 10 aliphatic rings. The van der Waals surface area contributed by atoms with Crippen molar-refractivity contribution in [3.05, 3.63) is 87.5 Å². The number of aryl methyl sites for hydroxylation is 2. The summed E-state index contributed by atoms with van der Waals surface area (Å²) in [6.07, 6.45) is 35.8. The molecular weight excluding hydrogens is 1600 g/mol. The van der Waals surface area contributed by atoms with Gasteiger partial charge in [-0.2, -0.15) is 0 Å². The van der Waals surface area contributed by atoms with Gasteiger partial charge in [0.05, 0.1) is 30.3 Å². The van der Waals surface area contributed by atoms with E-state index < -0.39 is 0 Å². The van der Waals surface area contributed by atoms with Crippen LogP contribution in [0.2, 0.25) is 15.5 Å². The average molecular weight is 1720 g/mol. The molecule has 4 aliphatic heterocycles. The summed E-state index contributed by atoms with van der Waals surface area (Å²) < 4.78 is 32.8. The van der Waals surface area contributed by atoms with Crippen molar-refractivity contribution in [2.45, 2.75) is 307 Å². The highest BCUT2D eigenvalue weighted by atomic mass is 35.5. The molecule has 6 aliphatic carbocycles. The molecule has 0 spiro atoms. The number of anilines is 5. The number of carbonyl (C=O) groups is 5. The smallest absolute Gasteiger partial charge is 0.229 e. The molecular formula is C89H115Cl3N20O9. The second-order valence-electron chi connectivity index (χ2n) is 35.3. The van der Waals surface area contributed by atoms with Crippen LogP contribution < -0.4 is 26.6 Å². The third-order valence-corrected chi connectivity index (χ3v) is 26.4. The zero-order valence-electron chi connectivity index (χ0n) is 70.1. The number of amides is 5. The van der Waals surface area contributed by atoms with Crippen molar-refractivity contribution < 1.29 is 42.9 Å². The van der Waals surface area contributed by atoms with Gasteiger partial charge in [0, 0.05) is 93.7 Å². The maximum absolute atomic E-state index is 12.5. The Balaban J connectivity index is 0.000000112. The van der Waals surface area contributed by atoms with Crippen LogP contribution in [0, 0.1) is 25.7 Å². The number of imidazole rings is 5. The van der Waals surface area contributed by atoms with Gasteiger partial charge in [0.25, 0.3) is 0 Å². The van der Waals surface area contributed by atoms with E-state index in [1.54, 1.807) is 18.2 Å². The molecule has 4 atom stereocenters. The minimum absolute atomic E-state index is 0.00359. The Labute approximate surface area is 720 Å². The van der Waals surface area contributed by atoms with E-state index in [2.05, 4.69) is 99.4 Å². The molecule has 3 unspecified atom stereocenters. The van der Waals surface area contributed by atoms with Gasteiger partial charge in [0.2, 0.25) is 59.3 Å². The number of hydrogen-bond acceptors (Lipinski definition) is 19. The molecule has 32 heteroatoms. The summed E-state index contributed by atoms with van der Waals surface area (Å²) in [5.74, 6) is 4.34. The molecule has 4 saturated heterocycles. The van der Waals surface area contributed by atoms with E-state index in [0.717, 1.165) is 234 Å². The lowest BCUT2D eigenvalue weighted by Gasteiger charge is -2.28. The molecule has 0 radical (unpaired) electrons. The Bertz CT molecular complexity index is 4790. The highest BCUT2D eigenvalue weighted by molar-refractivity contribution is 6.30. The highest BCUT2D eigenvalue weighted by Crippen LogP contribution is 2.43. The Hall–Kier alpha value is -8.84. The Kier molecular flexibility index (Phi) is 27.9. The summed E-state index contributed by atoms with van der Waals surface area (Å²) in [5, 5.41) is 16.3. The molecule has 29 nitrogen and oxygen atoms in total. The number of rotatable bonds is 24. The van der Waals surface area contributed by atoms with Gasteiger partial charge >= 0.3 is 0 Å². The lowest BCUT2D eigenvalue weighted by molar-refractivity contribution is -0.120. The van der Waals surface area contributed by atoms with Crippen molar-refractivity contribution >= 4 is 150 Å². The van der Waals surface area contributed by atoms with Crippen molar-refractivity contribution in [2.75, 3.05) is 53.0 Å². The highest BCUT2D eigenvalue weighted by Gasteiger charge is 2.36. The van der Waals surface area contributed by atoms with Crippen LogP contribution in [-0.2, 0) is 42.9 Å².